The number of carbonyl (C=O) groups is 1. The third-order valence-corrected chi connectivity index (χ3v) is 4.47. The Hall–Kier alpha value is -3.49. The summed E-state index contributed by atoms with van der Waals surface area (Å²) in [4.78, 5) is 16.4. The molecule has 0 radical (unpaired) electrons. The smallest absolute Gasteiger partial charge is 0.387 e. The Balaban J connectivity index is 1.38. The van der Waals surface area contributed by atoms with Gasteiger partial charge in [-0.05, 0) is 30.5 Å². The van der Waals surface area contributed by atoms with Gasteiger partial charge in [0, 0.05) is 24.9 Å². The summed E-state index contributed by atoms with van der Waals surface area (Å²) < 4.78 is 39.5. The fourth-order valence-corrected chi connectivity index (χ4v) is 2.96. The van der Waals surface area contributed by atoms with Crippen molar-refractivity contribution in [2.75, 3.05) is 13.7 Å². The highest BCUT2D eigenvalue weighted by Gasteiger charge is 2.12. The zero-order chi connectivity index (χ0) is 22.1. The molecule has 0 aliphatic heterocycles. The summed E-state index contributed by atoms with van der Waals surface area (Å²) in [5.74, 6) is 1.12. The van der Waals surface area contributed by atoms with Crippen molar-refractivity contribution in [1.29, 1.82) is 0 Å². The van der Waals surface area contributed by atoms with Crippen LogP contribution in [0.2, 0.25) is 0 Å². The van der Waals surface area contributed by atoms with Crippen molar-refractivity contribution in [1.82, 2.24) is 15.5 Å². The lowest BCUT2D eigenvalue weighted by molar-refractivity contribution is -0.121. The molecule has 1 aromatic heterocycles. The van der Waals surface area contributed by atoms with Crippen LogP contribution in [0.15, 0.2) is 53.1 Å². The number of rotatable bonds is 11. The van der Waals surface area contributed by atoms with Crippen molar-refractivity contribution in [3.05, 3.63) is 60.0 Å². The minimum Gasteiger partial charge on any atom is -0.493 e. The Labute approximate surface area is 178 Å². The Morgan fingerprint density at radius 1 is 1.13 bits per heavy atom. The second kappa shape index (κ2) is 11.1. The lowest BCUT2D eigenvalue weighted by Crippen LogP contribution is -2.25. The summed E-state index contributed by atoms with van der Waals surface area (Å²) in [5, 5.41) is 6.79. The summed E-state index contributed by atoms with van der Waals surface area (Å²) >= 11 is 0. The first-order valence-corrected chi connectivity index (χ1v) is 9.81. The van der Waals surface area contributed by atoms with E-state index in [0.717, 1.165) is 11.1 Å². The standard InChI is InChI=1S/C22H23F2N3O4/c1-29-18-14-15(10-11-17(18)30-22(23)24)12-13-25-19(28)8-5-9-20-26-21(27-31-20)16-6-3-2-4-7-16/h2-4,6-7,10-11,14,22H,5,8-9,12-13H2,1H3,(H,25,28). The molecular formula is C22H23F2N3O4. The van der Waals surface area contributed by atoms with E-state index in [0.29, 0.717) is 43.9 Å². The van der Waals surface area contributed by atoms with Gasteiger partial charge in [-0.3, -0.25) is 4.79 Å². The topological polar surface area (TPSA) is 86.5 Å². The fraction of sp³-hybridized carbons (Fsp3) is 0.318. The second-order valence-electron chi connectivity index (χ2n) is 6.69. The molecule has 7 nitrogen and oxygen atoms in total. The Morgan fingerprint density at radius 3 is 2.68 bits per heavy atom. The summed E-state index contributed by atoms with van der Waals surface area (Å²) in [6.45, 7) is -2.51. The van der Waals surface area contributed by atoms with Gasteiger partial charge in [0.25, 0.3) is 0 Å². The van der Waals surface area contributed by atoms with Crippen LogP contribution in [0.4, 0.5) is 8.78 Å². The predicted molar refractivity (Wildman–Crippen MR) is 109 cm³/mol. The first-order chi connectivity index (χ1) is 15.0. The van der Waals surface area contributed by atoms with Crippen LogP contribution in [-0.4, -0.2) is 36.3 Å². The van der Waals surface area contributed by atoms with Gasteiger partial charge in [-0.1, -0.05) is 41.6 Å². The molecule has 0 aliphatic rings. The van der Waals surface area contributed by atoms with E-state index >= 15 is 0 Å². The highest BCUT2D eigenvalue weighted by molar-refractivity contribution is 5.75. The SMILES string of the molecule is COc1cc(CCNC(=O)CCCc2nc(-c3ccccc3)no2)ccc1OC(F)F. The number of alkyl halides is 2. The molecule has 0 unspecified atom stereocenters. The number of amides is 1. The van der Waals surface area contributed by atoms with Gasteiger partial charge >= 0.3 is 6.61 Å². The predicted octanol–water partition coefficient (Wildman–Crippen LogP) is 4.03. The van der Waals surface area contributed by atoms with Gasteiger partial charge in [-0.2, -0.15) is 13.8 Å². The zero-order valence-electron chi connectivity index (χ0n) is 17.0. The maximum absolute atomic E-state index is 12.4. The van der Waals surface area contributed by atoms with Gasteiger partial charge in [-0.25, -0.2) is 0 Å². The molecule has 0 atom stereocenters. The van der Waals surface area contributed by atoms with Crippen LogP contribution in [0.1, 0.15) is 24.3 Å². The number of carbonyl (C=O) groups excluding carboxylic acids is 1. The molecule has 0 saturated heterocycles. The quantitative estimate of drug-likeness (QED) is 0.493. The van der Waals surface area contributed by atoms with Crippen LogP contribution in [0.3, 0.4) is 0 Å². The Morgan fingerprint density at radius 2 is 1.94 bits per heavy atom. The maximum Gasteiger partial charge on any atom is 0.387 e. The molecule has 164 valence electrons. The Bertz CT molecular complexity index is 980. The molecule has 1 amide bonds. The maximum atomic E-state index is 12.4. The van der Waals surface area contributed by atoms with E-state index in [1.165, 1.54) is 13.2 Å². The van der Waals surface area contributed by atoms with E-state index in [9.17, 15) is 13.6 Å². The third-order valence-electron chi connectivity index (χ3n) is 4.47. The van der Waals surface area contributed by atoms with E-state index in [1.807, 2.05) is 30.3 Å². The number of hydrogen-bond donors (Lipinski definition) is 1. The number of halogens is 2. The number of aromatic nitrogens is 2. The number of methoxy groups -OCH3 is 1. The van der Waals surface area contributed by atoms with Crippen LogP contribution in [0.25, 0.3) is 11.4 Å². The van der Waals surface area contributed by atoms with Crippen molar-refractivity contribution < 1.29 is 27.6 Å². The molecule has 0 fully saturated rings. The summed E-state index contributed by atoms with van der Waals surface area (Å²) in [6.07, 6.45) is 1.94. The van der Waals surface area contributed by atoms with E-state index in [1.54, 1.807) is 12.1 Å². The average Bonchev–Trinajstić information content (AvgIpc) is 3.24. The molecule has 2 aromatic carbocycles. The lowest BCUT2D eigenvalue weighted by Gasteiger charge is -2.11. The summed E-state index contributed by atoms with van der Waals surface area (Å²) in [5.41, 5.74) is 1.71. The molecular weight excluding hydrogens is 408 g/mol. The van der Waals surface area contributed by atoms with E-state index in [-0.39, 0.29) is 17.4 Å². The molecule has 9 heteroatoms. The molecule has 3 aromatic rings. The van der Waals surface area contributed by atoms with Crippen LogP contribution in [0, 0.1) is 0 Å². The van der Waals surface area contributed by atoms with Gasteiger partial charge in [0.2, 0.25) is 17.6 Å². The number of ether oxygens (including phenoxy) is 2. The average molecular weight is 431 g/mol. The van der Waals surface area contributed by atoms with Gasteiger partial charge in [0.05, 0.1) is 7.11 Å². The minimum absolute atomic E-state index is 0.0262. The van der Waals surface area contributed by atoms with E-state index < -0.39 is 6.61 Å². The number of aryl methyl sites for hydroxylation is 1. The minimum atomic E-state index is -2.92. The van der Waals surface area contributed by atoms with Crippen molar-refractivity contribution in [2.24, 2.45) is 0 Å². The zero-order valence-corrected chi connectivity index (χ0v) is 17.0. The highest BCUT2D eigenvalue weighted by atomic mass is 19.3. The molecule has 1 N–H and O–H groups in total. The Kier molecular flexibility index (Phi) is 7.91. The third kappa shape index (κ3) is 6.77. The van der Waals surface area contributed by atoms with E-state index in [2.05, 4.69) is 20.2 Å². The summed E-state index contributed by atoms with van der Waals surface area (Å²) in [6, 6.07) is 14.2. The molecule has 0 bridgehead atoms. The number of hydrogen-bond acceptors (Lipinski definition) is 6. The van der Waals surface area contributed by atoms with Crippen LogP contribution >= 0.6 is 0 Å². The number of nitrogens with one attached hydrogen (secondary N) is 1. The van der Waals surface area contributed by atoms with Crippen LogP contribution < -0.4 is 14.8 Å². The van der Waals surface area contributed by atoms with Gasteiger partial charge in [0.15, 0.2) is 11.5 Å². The first kappa shape index (κ1) is 22.2. The molecule has 0 spiro atoms. The molecule has 3 rings (SSSR count). The van der Waals surface area contributed by atoms with Gasteiger partial charge < -0.3 is 19.3 Å². The molecule has 31 heavy (non-hydrogen) atoms. The lowest BCUT2D eigenvalue weighted by atomic mass is 10.1. The van der Waals surface area contributed by atoms with Crippen LogP contribution in [-0.2, 0) is 17.6 Å². The number of nitrogens with zero attached hydrogens (tertiary/aromatic N) is 2. The van der Waals surface area contributed by atoms with Crippen molar-refractivity contribution in [3.63, 3.8) is 0 Å². The molecule has 1 heterocycles. The van der Waals surface area contributed by atoms with Crippen molar-refractivity contribution in [2.45, 2.75) is 32.3 Å². The molecule has 0 saturated carbocycles. The highest BCUT2D eigenvalue weighted by Crippen LogP contribution is 2.29. The van der Waals surface area contributed by atoms with E-state index in [4.69, 9.17) is 9.26 Å². The van der Waals surface area contributed by atoms with Crippen LogP contribution in [0.5, 0.6) is 11.5 Å². The van der Waals surface area contributed by atoms with Crippen molar-refractivity contribution in [3.8, 4) is 22.9 Å². The second-order valence-corrected chi connectivity index (χ2v) is 6.69. The van der Waals surface area contributed by atoms with Gasteiger partial charge in [0.1, 0.15) is 0 Å². The monoisotopic (exact) mass is 431 g/mol. The largest absolute Gasteiger partial charge is 0.493 e. The normalized spacial score (nSPS) is 10.8. The molecule has 0 aliphatic carbocycles. The first-order valence-electron chi connectivity index (χ1n) is 9.81. The summed E-state index contributed by atoms with van der Waals surface area (Å²) in [7, 11) is 1.38. The van der Waals surface area contributed by atoms with Crippen molar-refractivity contribution >= 4 is 5.91 Å². The van der Waals surface area contributed by atoms with Gasteiger partial charge in [-0.15, -0.1) is 0 Å². The number of benzene rings is 2. The fourth-order valence-electron chi connectivity index (χ4n) is 2.96.